The first-order valence-electron chi connectivity index (χ1n) is 10.4. The van der Waals surface area contributed by atoms with Gasteiger partial charge in [-0.25, -0.2) is 0 Å². The summed E-state index contributed by atoms with van der Waals surface area (Å²) in [5.41, 5.74) is 1.36. The average Bonchev–Trinajstić information content (AvgIpc) is 2.93. The second kappa shape index (κ2) is 8.29. The molecule has 0 saturated carbocycles. The molecule has 160 valence electrons. The molecule has 0 unspecified atom stereocenters. The summed E-state index contributed by atoms with van der Waals surface area (Å²) in [6.07, 6.45) is 2.23. The van der Waals surface area contributed by atoms with Gasteiger partial charge in [0.2, 0.25) is 0 Å². The number of carbonyl (C=O) groups excluding carboxylic acids is 4. The van der Waals surface area contributed by atoms with Gasteiger partial charge in [0.15, 0.2) is 0 Å². The normalized spacial score (nSPS) is 16.5. The lowest BCUT2D eigenvalue weighted by Crippen LogP contribution is -2.37. The first-order chi connectivity index (χ1) is 14.9. The zero-order chi connectivity index (χ0) is 22.1. The van der Waals surface area contributed by atoms with Crippen molar-refractivity contribution in [1.29, 1.82) is 0 Å². The number of amides is 4. The number of pyridine rings is 1. The molecule has 2 aromatic rings. The Morgan fingerprint density at radius 3 is 2.19 bits per heavy atom. The van der Waals surface area contributed by atoms with Gasteiger partial charge in [0.05, 0.1) is 11.1 Å². The largest absolute Gasteiger partial charge is 0.337 e. The van der Waals surface area contributed by atoms with E-state index in [4.69, 9.17) is 0 Å². The maximum atomic E-state index is 13.1. The summed E-state index contributed by atoms with van der Waals surface area (Å²) in [4.78, 5) is 59.6. The van der Waals surface area contributed by atoms with E-state index in [0.717, 1.165) is 0 Å². The number of benzene rings is 1. The van der Waals surface area contributed by atoms with Crippen LogP contribution in [0.2, 0.25) is 0 Å². The minimum Gasteiger partial charge on any atom is -0.337 e. The number of rotatable bonds is 3. The molecule has 1 aromatic carbocycles. The lowest BCUT2D eigenvalue weighted by Gasteiger charge is -2.22. The highest BCUT2D eigenvalue weighted by atomic mass is 16.2. The van der Waals surface area contributed by atoms with Crippen molar-refractivity contribution < 1.29 is 19.2 Å². The number of hydrogen-bond acceptors (Lipinski definition) is 5. The van der Waals surface area contributed by atoms with Gasteiger partial charge in [-0.2, -0.15) is 0 Å². The van der Waals surface area contributed by atoms with Crippen molar-refractivity contribution >= 4 is 23.6 Å². The van der Waals surface area contributed by atoms with Crippen LogP contribution in [0.25, 0.3) is 0 Å². The zero-order valence-electron chi connectivity index (χ0n) is 17.6. The monoisotopic (exact) mass is 420 g/mol. The maximum Gasteiger partial charge on any atom is 0.272 e. The minimum absolute atomic E-state index is 0.148. The summed E-state index contributed by atoms with van der Waals surface area (Å²) in [5, 5.41) is 0. The van der Waals surface area contributed by atoms with Crippen molar-refractivity contribution in [3.8, 4) is 0 Å². The second-order valence-corrected chi connectivity index (χ2v) is 7.99. The second-order valence-electron chi connectivity index (χ2n) is 7.99. The first-order valence-corrected chi connectivity index (χ1v) is 10.4. The highest BCUT2D eigenvalue weighted by Gasteiger charge is 2.37. The van der Waals surface area contributed by atoms with Crippen LogP contribution < -0.4 is 0 Å². The topological polar surface area (TPSA) is 90.9 Å². The van der Waals surface area contributed by atoms with Crippen LogP contribution in [0.15, 0.2) is 42.6 Å². The fourth-order valence-electron chi connectivity index (χ4n) is 4.02. The van der Waals surface area contributed by atoms with Crippen LogP contribution in [-0.4, -0.2) is 75.5 Å². The van der Waals surface area contributed by atoms with Gasteiger partial charge in [0.1, 0.15) is 5.69 Å². The van der Waals surface area contributed by atoms with Gasteiger partial charge in [0, 0.05) is 44.0 Å². The Kier molecular flexibility index (Phi) is 5.54. The van der Waals surface area contributed by atoms with Gasteiger partial charge in [-0.15, -0.1) is 0 Å². The molecule has 0 spiro atoms. The van der Waals surface area contributed by atoms with E-state index in [-0.39, 0.29) is 35.2 Å². The smallest absolute Gasteiger partial charge is 0.272 e. The summed E-state index contributed by atoms with van der Waals surface area (Å²) >= 11 is 0. The van der Waals surface area contributed by atoms with Crippen molar-refractivity contribution in [2.24, 2.45) is 0 Å². The predicted octanol–water partition coefficient (Wildman–Crippen LogP) is 2.07. The molecule has 0 N–H and O–H groups in total. The number of fused-ring (bicyclic) bond motifs is 1. The van der Waals surface area contributed by atoms with E-state index in [1.54, 1.807) is 60.2 Å². The van der Waals surface area contributed by atoms with Crippen LogP contribution in [0.1, 0.15) is 61.8 Å². The van der Waals surface area contributed by atoms with Crippen molar-refractivity contribution in [2.45, 2.75) is 26.3 Å². The standard InChI is InChI=1S/C23H24N4O4/c1-15(2)27-21(29)17-8-7-16(14-18(17)22(27)30)20(28)25-10-5-11-26(13-12-25)23(31)19-6-3-4-9-24-19/h3-4,6-9,14-15H,5,10-13H2,1-2H3. The Labute approximate surface area is 180 Å². The summed E-state index contributed by atoms with van der Waals surface area (Å²) < 4.78 is 0. The molecule has 8 nitrogen and oxygen atoms in total. The van der Waals surface area contributed by atoms with E-state index in [2.05, 4.69) is 4.98 Å². The number of hydrogen-bond donors (Lipinski definition) is 0. The predicted molar refractivity (Wildman–Crippen MR) is 113 cm³/mol. The number of carbonyl (C=O) groups is 4. The molecular weight excluding hydrogens is 396 g/mol. The Hall–Kier alpha value is -3.55. The van der Waals surface area contributed by atoms with Crippen LogP contribution in [0.5, 0.6) is 0 Å². The van der Waals surface area contributed by atoms with Crippen LogP contribution in [0.3, 0.4) is 0 Å². The Bertz CT molecular complexity index is 1050. The van der Waals surface area contributed by atoms with E-state index in [1.807, 2.05) is 0 Å². The Morgan fingerprint density at radius 2 is 1.55 bits per heavy atom. The molecule has 2 aliphatic rings. The van der Waals surface area contributed by atoms with Gasteiger partial charge in [-0.3, -0.25) is 29.1 Å². The number of aromatic nitrogens is 1. The third kappa shape index (κ3) is 3.81. The molecule has 0 aliphatic carbocycles. The lowest BCUT2D eigenvalue weighted by atomic mass is 10.0. The lowest BCUT2D eigenvalue weighted by molar-refractivity contribution is 0.0608. The summed E-state index contributed by atoms with van der Waals surface area (Å²) in [6, 6.07) is 9.63. The molecule has 1 aromatic heterocycles. The first kappa shape index (κ1) is 20.7. The Balaban J connectivity index is 1.48. The van der Waals surface area contributed by atoms with E-state index in [0.29, 0.717) is 49.4 Å². The highest BCUT2D eigenvalue weighted by Crippen LogP contribution is 2.26. The van der Waals surface area contributed by atoms with Gasteiger partial charge in [-0.05, 0) is 50.6 Å². The molecular formula is C23H24N4O4. The zero-order valence-corrected chi connectivity index (χ0v) is 17.6. The van der Waals surface area contributed by atoms with E-state index >= 15 is 0 Å². The molecule has 31 heavy (non-hydrogen) atoms. The van der Waals surface area contributed by atoms with Gasteiger partial charge < -0.3 is 9.80 Å². The van der Waals surface area contributed by atoms with Crippen molar-refractivity contribution in [2.75, 3.05) is 26.2 Å². The number of nitrogens with zero attached hydrogens (tertiary/aromatic N) is 4. The average molecular weight is 420 g/mol. The summed E-state index contributed by atoms with van der Waals surface area (Å²) in [5.74, 6) is -1.05. The van der Waals surface area contributed by atoms with E-state index < -0.39 is 0 Å². The fourth-order valence-corrected chi connectivity index (χ4v) is 4.02. The molecule has 1 saturated heterocycles. The molecule has 0 atom stereocenters. The third-order valence-corrected chi connectivity index (χ3v) is 5.64. The van der Waals surface area contributed by atoms with Crippen molar-refractivity contribution in [3.05, 3.63) is 65.0 Å². The quantitative estimate of drug-likeness (QED) is 0.709. The third-order valence-electron chi connectivity index (χ3n) is 5.64. The maximum absolute atomic E-state index is 13.1. The van der Waals surface area contributed by atoms with Crippen LogP contribution >= 0.6 is 0 Å². The van der Waals surface area contributed by atoms with Gasteiger partial charge in [0.25, 0.3) is 23.6 Å². The fraction of sp³-hybridized carbons (Fsp3) is 0.348. The molecule has 3 heterocycles. The number of imide groups is 1. The molecule has 4 rings (SSSR count). The highest BCUT2D eigenvalue weighted by molar-refractivity contribution is 6.22. The molecule has 8 heteroatoms. The molecule has 0 bridgehead atoms. The SMILES string of the molecule is CC(C)N1C(=O)c2ccc(C(=O)N3CCCN(C(=O)c4ccccn4)CC3)cc2C1=O. The molecule has 1 fully saturated rings. The van der Waals surface area contributed by atoms with Gasteiger partial charge in [-0.1, -0.05) is 6.07 Å². The van der Waals surface area contributed by atoms with Crippen molar-refractivity contribution in [3.63, 3.8) is 0 Å². The summed E-state index contributed by atoms with van der Waals surface area (Å²) in [7, 11) is 0. The Morgan fingerprint density at radius 1 is 0.871 bits per heavy atom. The van der Waals surface area contributed by atoms with Crippen LogP contribution in [0, 0.1) is 0 Å². The molecule has 2 aliphatic heterocycles. The van der Waals surface area contributed by atoms with E-state index in [1.165, 1.54) is 11.0 Å². The molecule has 4 amide bonds. The summed E-state index contributed by atoms with van der Waals surface area (Å²) in [6.45, 7) is 5.41. The van der Waals surface area contributed by atoms with Crippen LogP contribution in [0.4, 0.5) is 0 Å². The van der Waals surface area contributed by atoms with Crippen molar-refractivity contribution in [1.82, 2.24) is 19.7 Å². The minimum atomic E-state index is -0.368. The molecule has 0 radical (unpaired) electrons. The van der Waals surface area contributed by atoms with Crippen LogP contribution in [-0.2, 0) is 0 Å². The van der Waals surface area contributed by atoms with Gasteiger partial charge >= 0.3 is 0 Å². The van der Waals surface area contributed by atoms with E-state index in [9.17, 15) is 19.2 Å².